The molecule has 0 spiro atoms. The molecule has 2 aromatic rings. The molecule has 0 heterocycles. The lowest BCUT2D eigenvalue weighted by molar-refractivity contribution is -0.115. The first-order chi connectivity index (χ1) is 10.9. The highest BCUT2D eigenvalue weighted by molar-refractivity contribution is 5.91. The van der Waals surface area contributed by atoms with E-state index in [9.17, 15) is 4.79 Å². The average molecular weight is 310 g/mol. The highest BCUT2D eigenvalue weighted by Gasteiger charge is 2.13. The lowest BCUT2D eigenvalue weighted by Crippen LogP contribution is -2.17. The van der Waals surface area contributed by atoms with E-state index < -0.39 is 0 Å². The van der Waals surface area contributed by atoms with Crippen molar-refractivity contribution in [1.82, 2.24) is 0 Å². The molecule has 0 atom stereocenters. The number of hydrogen-bond acceptors (Lipinski definition) is 2. The quantitative estimate of drug-likeness (QED) is 0.838. The summed E-state index contributed by atoms with van der Waals surface area (Å²) in [5.41, 5.74) is 4.50. The molecule has 3 nitrogen and oxygen atoms in total. The Labute approximate surface area is 139 Å². The molecule has 0 saturated carbocycles. The molecule has 0 aliphatic rings. The topological polar surface area (TPSA) is 41.1 Å². The summed E-state index contributed by atoms with van der Waals surface area (Å²) >= 11 is 0. The van der Waals surface area contributed by atoms with Crippen LogP contribution in [0.2, 0.25) is 0 Å². The maximum atomic E-state index is 12.0. The van der Waals surface area contributed by atoms with E-state index in [-0.39, 0.29) is 11.3 Å². The summed E-state index contributed by atoms with van der Waals surface area (Å²) in [4.78, 5) is 12.0. The minimum atomic E-state index is 0.0228. The van der Waals surface area contributed by atoms with E-state index in [1.807, 2.05) is 30.3 Å². The van der Waals surface area contributed by atoms with Crippen molar-refractivity contribution in [2.75, 3.05) is 17.2 Å². The molecule has 3 heteroatoms. The Hall–Kier alpha value is -2.29. The van der Waals surface area contributed by atoms with Crippen LogP contribution in [-0.4, -0.2) is 12.5 Å². The van der Waals surface area contributed by atoms with E-state index in [2.05, 4.69) is 56.5 Å². The maximum Gasteiger partial charge on any atom is 0.226 e. The van der Waals surface area contributed by atoms with Gasteiger partial charge in [-0.2, -0.15) is 0 Å². The number of rotatable bonds is 5. The number of nitrogens with one attached hydrogen (secondary N) is 2. The molecular formula is C20H26N2O. The third kappa shape index (κ3) is 5.13. The van der Waals surface area contributed by atoms with E-state index >= 15 is 0 Å². The van der Waals surface area contributed by atoms with Gasteiger partial charge >= 0.3 is 0 Å². The van der Waals surface area contributed by atoms with Crippen molar-refractivity contribution in [2.24, 2.45) is 0 Å². The van der Waals surface area contributed by atoms with Crippen molar-refractivity contribution in [3.05, 3.63) is 59.7 Å². The van der Waals surface area contributed by atoms with E-state index in [0.29, 0.717) is 13.0 Å². The molecule has 0 bridgehead atoms. The number of anilines is 2. The molecule has 2 N–H and O–H groups in total. The molecule has 0 aliphatic heterocycles. The Bertz CT molecular complexity index is 654. The van der Waals surface area contributed by atoms with Gasteiger partial charge in [0.2, 0.25) is 5.91 Å². The zero-order chi connectivity index (χ0) is 16.9. The van der Waals surface area contributed by atoms with Crippen LogP contribution in [0.25, 0.3) is 0 Å². The smallest absolute Gasteiger partial charge is 0.226 e. The monoisotopic (exact) mass is 310 g/mol. The number of carbonyl (C=O) groups is 1. The zero-order valence-corrected chi connectivity index (χ0v) is 14.4. The van der Waals surface area contributed by atoms with Gasteiger partial charge in [-0.25, -0.2) is 0 Å². The number of aryl methyl sites for hydroxylation is 1. The fraction of sp³-hybridized carbons (Fsp3) is 0.350. The van der Waals surface area contributed by atoms with Crippen molar-refractivity contribution >= 4 is 17.3 Å². The molecule has 0 aromatic heterocycles. The van der Waals surface area contributed by atoms with Crippen molar-refractivity contribution in [3.63, 3.8) is 0 Å². The summed E-state index contributed by atoms with van der Waals surface area (Å²) in [6.45, 7) is 9.21. The van der Waals surface area contributed by atoms with E-state index in [4.69, 9.17) is 0 Å². The van der Waals surface area contributed by atoms with Gasteiger partial charge in [0, 0.05) is 24.3 Å². The average Bonchev–Trinajstić information content (AvgIpc) is 2.49. The van der Waals surface area contributed by atoms with Crippen LogP contribution < -0.4 is 10.6 Å². The van der Waals surface area contributed by atoms with Crippen LogP contribution in [-0.2, 0) is 10.2 Å². The molecule has 122 valence electrons. The fourth-order valence-corrected chi connectivity index (χ4v) is 2.36. The minimum absolute atomic E-state index is 0.0228. The van der Waals surface area contributed by atoms with E-state index in [1.165, 1.54) is 11.1 Å². The van der Waals surface area contributed by atoms with Crippen LogP contribution in [0.3, 0.4) is 0 Å². The molecule has 2 rings (SSSR count). The third-order valence-electron chi connectivity index (χ3n) is 3.85. The van der Waals surface area contributed by atoms with E-state index in [0.717, 1.165) is 11.4 Å². The van der Waals surface area contributed by atoms with E-state index in [1.54, 1.807) is 0 Å². The predicted molar refractivity (Wildman–Crippen MR) is 98.1 cm³/mol. The second-order valence-electron chi connectivity index (χ2n) is 6.87. The molecule has 0 saturated heterocycles. The second-order valence-corrected chi connectivity index (χ2v) is 6.87. The fourth-order valence-electron chi connectivity index (χ4n) is 2.36. The molecule has 0 radical (unpaired) electrons. The number of benzene rings is 2. The Morgan fingerprint density at radius 1 is 1.00 bits per heavy atom. The SMILES string of the molecule is Cc1ccccc1NCCC(=O)Nc1ccc(C(C)(C)C)cc1. The van der Waals surface area contributed by atoms with Gasteiger partial charge in [-0.1, -0.05) is 51.1 Å². The highest BCUT2D eigenvalue weighted by Crippen LogP contribution is 2.23. The third-order valence-corrected chi connectivity index (χ3v) is 3.85. The summed E-state index contributed by atoms with van der Waals surface area (Å²) in [7, 11) is 0. The summed E-state index contributed by atoms with van der Waals surface area (Å²) in [6.07, 6.45) is 0.440. The van der Waals surface area contributed by atoms with Crippen molar-refractivity contribution in [3.8, 4) is 0 Å². The first kappa shape index (κ1) is 17.1. The van der Waals surface area contributed by atoms with Gasteiger partial charge in [-0.3, -0.25) is 4.79 Å². The highest BCUT2D eigenvalue weighted by atomic mass is 16.1. The standard InChI is InChI=1S/C20H26N2O/c1-15-7-5-6-8-18(15)21-14-13-19(23)22-17-11-9-16(10-12-17)20(2,3)4/h5-12,21H,13-14H2,1-4H3,(H,22,23). The molecular weight excluding hydrogens is 284 g/mol. The largest absolute Gasteiger partial charge is 0.384 e. The van der Waals surface area contributed by atoms with Gasteiger partial charge in [0.1, 0.15) is 0 Å². The molecule has 0 fully saturated rings. The van der Waals surface area contributed by atoms with Gasteiger partial charge in [-0.15, -0.1) is 0 Å². The van der Waals surface area contributed by atoms with Crippen molar-refractivity contribution < 1.29 is 4.79 Å². The number of carbonyl (C=O) groups excluding carboxylic acids is 1. The lowest BCUT2D eigenvalue weighted by Gasteiger charge is -2.19. The van der Waals surface area contributed by atoms with Crippen LogP contribution >= 0.6 is 0 Å². The van der Waals surface area contributed by atoms with Crippen molar-refractivity contribution in [2.45, 2.75) is 39.5 Å². The van der Waals surface area contributed by atoms with Crippen LogP contribution in [0, 0.1) is 6.92 Å². The Balaban J connectivity index is 1.82. The Morgan fingerprint density at radius 2 is 1.65 bits per heavy atom. The number of amides is 1. The maximum absolute atomic E-state index is 12.0. The zero-order valence-electron chi connectivity index (χ0n) is 14.4. The molecule has 0 aliphatic carbocycles. The summed E-state index contributed by atoms with van der Waals surface area (Å²) in [5.74, 6) is 0.0228. The minimum Gasteiger partial charge on any atom is -0.384 e. The van der Waals surface area contributed by atoms with Gasteiger partial charge in [0.05, 0.1) is 0 Å². The number of hydrogen-bond donors (Lipinski definition) is 2. The van der Waals surface area contributed by atoms with Crippen LogP contribution in [0.5, 0.6) is 0 Å². The normalized spacial score (nSPS) is 11.1. The predicted octanol–water partition coefficient (Wildman–Crippen LogP) is 4.73. The Morgan fingerprint density at radius 3 is 2.26 bits per heavy atom. The van der Waals surface area contributed by atoms with Gasteiger partial charge < -0.3 is 10.6 Å². The second kappa shape index (κ2) is 7.32. The van der Waals surface area contributed by atoms with Crippen molar-refractivity contribution in [1.29, 1.82) is 0 Å². The van der Waals surface area contributed by atoms with Crippen LogP contribution in [0.15, 0.2) is 48.5 Å². The number of para-hydroxylation sites is 1. The first-order valence-electron chi connectivity index (χ1n) is 8.06. The lowest BCUT2D eigenvalue weighted by atomic mass is 9.87. The van der Waals surface area contributed by atoms with Gasteiger partial charge in [-0.05, 0) is 41.7 Å². The Kier molecular flexibility index (Phi) is 5.43. The molecule has 0 unspecified atom stereocenters. The summed E-state index contributed by atoms with van der Waals surface area (Å²) < 4.78 is 0. The summed E-state index contributed by atoms with van der Waals surface area (Å²) in [5, 5.41) is 6.24. The van der Waals surface area contributed by atoms with Crippen LogP contribution in [0.1, 0.15) is 38.3 Å². The van der Waals surface area contributed by atoms with Crippen LogP contribution in [0.4, 0.5) is 11.4 Å². The molecule has 1 amide bonds. The van der Waals surface area contributed by atoms with Gasteiger partial charge in [0.15, 0.2) is 0 Å². The molecule has 2 aromatic carbocycles. The first-order valence-corrected chi connectivity index (χ1v) is 8.06. The van der Waals surface area contributed by atoms with Gasteiger partial charge in [0.25, 0.3) is 0 Å². The summed E-state index contributed by atoms with van der Waals surface area (Å²) in [6, 6.07) is 16.2. The molecule has 23 heavy (non-hydrogen) atoms.